The summed E-state index contributed by atoms with van der Waals surface area (Å²) in [5, 5.41) is 0.734. The van der Waals surface area contributed by atoms with Gasteiger partial charge in [-0.2, -0.15) is 0 Å². The molecule has 0 radical (unpaired) electrons. The van der Waals surface area contributed by atoms with Crippen molar-refractivity contribution in [3.63, 3.8) is 0 Å². The largest absolute Gasteiger partial charge is 0.326 e. The van der Waals surface area contributed by atoms with E-state index in [0.29, 0.717) is 6.54 Å². The first-order valence-corrected chi connectivity index (χ1v) is 7.06. The number of nitrogens with two attached hydrogens (primary N) is 1. The number of para-hydroxylation sites is 1. The Morgan fingerprint density at radius 3 is 2.75 bits per heavy atom. The van der Waals surface area contributed by atoms with Crippen LogP contribution in [0.15, 0.2) is 42.5 Å². The molecule has 2 aromatic carbocycles. The molecule has 0 unspecified atom stereocenters. The van der Waals surface area contributed by atoms with E-state index in [2.05, 4.69) is 23.6 Å². The van der Waals surface area contributed by atoms with Crippen molar-refractivity contribution >= 4 is 22.6 Å². The van der Waals surface area contributed by atoms with Gasteiger partial charge in [0.2, 0.25) is 0 Å². The van der Waals surface area contributed by atoms with E-state index < -0.39 is 0 Å². The molecule has 0 saturated carbocycles. The van der Waals surface area contributed by atoms with Gasteiger partial charge in [-0.25, -0.2) is 4.98 Å². The highest BCUT2D eigenvalue weighted by Crippen LogP contribution is 2.29. The Bertz CT molecular complexity index is 762. The molecular formula is C16H16ClN3. The van der Waals surface area contributed by atoms with Crippen LogP contribution in [0.3, 0.4) is 0 Å². The van der Waals surface area contributed by atoms with Crippen LogP contribution in [0.25, 0.3) is 22.4 Å². The Hall–Kier alpha value is -1.84. The van der Waals surface area contributed by atoms with Gasteiger partial charge in [0.25, 0.3) is 0 Å². The third-order valence-electron chi connectivity index (χ3n) is 3.45. The van der Waals surface area contributed by atoms with Crippen LogP contribution in [0.2, 0.25) is 5.02 Å². The zero-order valence-electron chi connectivity index (χ0n) is 11.3. The molecule has 3 nitrogen and oxygen atoms in total. The molecule has 0 bridgehead atoms. The van der Waals surface area contributed by atoms with Crippen molar-refractivity contribution in [3.05, 3.63) is 53.1 Å². The lowest BCUT2D eigenvalue weighted by molar-refractivity contribution is 0.796. The third-order valence-corrected chi connectivity index (χ3v) is 3.76. The summed E-state index contributed by atoms with van der Waals surface area (Å²) < 4.78 is 2.15. The van der Waals surface area contributed by atoms with Crippen LogP contribution in [0.5, 0.6) is 0 Å². The first kappa shape index (κ1) is 13.2. The Balaban J connectivity index is 2.27. The van der Waals surface area contributed by atoms with Crippen molar-refractivity contribution in [2.24, 2.45) is 5.73 Å². The van der Waals surface area contributed by atoms with Crippen molar-refractivity contribution in [2.75, 3.05) is 0 Å². The molecule has 3 aromatic rings. The minimum Gasteiger partial charge on any atom is -0.326 e. The van der Waals surface area contributed by atoms with Gasteiger partial charge in [-0.1, -0.05) is 35.9 Å². The van der Waals surface area contributed by atoms with Crippen LogP contribution in [0, 0.1) is 0 Å². The topological polar surface area (TPSA) is 43.8 Å². The molecule has 0 aliphatic rings. The Kier molecular flexibility index (Phi) is 3.47. The van der Waals surface area contributed by atoms with Crippen LogP contribution in [-0.4, -0.2) is 9.55 Å². The van der Waals surface area contributed by atoms with Gasteiger partial charge in [0.1, 0.15) is 5.82 Å². The molecule has 3 rings (SSSR count). The second-order valence-corrected chi connectivity index (χ2v) is 5.10. The normalized spacial score (nSPS) is 11.2. The molecule has 0 aliphatic heterocycles. The van der Waals surface area contributed by atoms with E-state index in [1.807, 2.05) is 30.3 Å². The number of hydrogen-bond donors (Lipinski definition) is 1. The van der Waals surface area contributed by atoms with Crippen LogP contribution in [0.1, 0.15) is 12.5 Å². The number of hydrogen-bond acceptors (Lipinski definition) is 2. The van der Waals surface area contributed by atoms with E-state index in [1.54, 1.807) is 0 Å². The summed E-state index contributed by atoms with van der Waals surface area (Å²) in [6, 6.07) is 14.0. The van der Waals surface area contributed by atoms with E-state index in [9.17, 15) is 0 Å². The van der Waals surface area contributed by atoms with Crippen molar-refractivity contribution in [3.8, 4) is 11.4 Å². The summed E-state index contributed by atoms with van der Waals surface area (Å²) in [5.41, 5.74) is 9.80. The number of imidazole rings is 1. The van der Waals surface area contributed by atoms with Crippen LogP contribution in [0.4, 0.5) is 0 Å². The van der Waals surface area contributed by atoms with E-state index in [1.165, 1.54) is 0 Å². The van der Waals surface area contributed by atoms with E-state index in [0.717, 1.165) is 39.6 Å². The third kappa shape index (κ3) is 2.09. The predicted molar refractivity (Wildman–Crippen MR) is 83.7 cm³/mol. The van der Waals surface area contributed by atoms with Crippen LogP contribution in [-0.2, 0) is 13.1 Å². The average Bonchev–Trinajstić information content (AvgIpc) is 2.87. The van der Waals surface area contributed by atoms with E-state index in [-0.39, 0.29) is 0 Å². The van der Waals surface area contributed by atoms with E-state index >= 15 is 0 Å². The summed E-state index contributed by atoms with van der Waals surface area (Å²) in [5.74, 6) is 0.936. The van der Waals surface area contributed by atoms with Gasteiger partial charge in [-0.05, 0) is 30.7 Å². The van der Waals surface area contributed by atoms with Crippen LogP contribution >= 0.6 is 11.6 Å². The maximum atomic E-state index is 6.32. The molecule has 1 heterocycles. The summed E-state index contributed by atoms with van der Waals surface area (Å²) in [6.07, 6.45) is 0. The monoisotopic (exact) mass is 285 g/mol. The lowest BCUT2D eigenvalue weighted by atomic mass is 10.1. The molecule has 0 amide bonds. The lowest BCUT2D eigenvalue weighted by Gasteiger charge is -2.08. The summed E-state index contributed by atoms with van der Waals surface area (Å²) in [4.78, 5) is 4.73. The predicted octanol–water partition coefficient (Wildman–Crippen LogP) is 3.84. The standard InChI is InChI=1S/C16H16ClN3/c1-2-20-15-13(17)7-4-8-14(15)19-16(20)12-6-3-5-11(9-12)10-18/h3-9H,2,10,18H2,1H3. The smallest absolute Gasteiger partial charge is 0.141 e. The Morgan fingerprint density at radius 1 is 1.20 bits per heavy atom. The fourth-order valence-corrected chi connectivity index (χ4v) is 2.78. The molecule has 2 N–H and O–H groups in total. The first-order valence-electron chi connectivity index (χ1n) is 6.68. The summed E-state index contributed by atoms with van der Waals surface area (Å²) in [7, 11) is 0. The zero-order valence-corrected chi connectivity index (χ0v) is 12.1. The maximum Gasteiger partial charge on any atom is 0.141 e. The minimum atomic E-state index is 0.529. The van der Waals surface area contributed by atoms with Crippen molar-refractivity contribution in [1.29, 1.82) is 0 Å². The van der Waals surface area contributed by atoms with Gasteiger partial charge in [0.05, 0.1) is 16.1 Å². The first-order chi connectivity index (χ1) is 9.74. The molecular weight excluding hydrogens is 270 g/mol. The molecule has 4 heteroatoms. The number of benzene rings is 2. The summed E-state index contributed by atoms with van der Waals surface area (Å²) in [6.45, 7) is 3.45. The van der Waals surface area contributed by atoms with Gasteiger partial charge in [0, 0.05) is 18.7 Å². The molecule has 1 aromatic heterocycles. The van der Waals surface area contributed by atoms with Crippen molar-refractivity contribution in [2.45, 2.75) is 20.0 Å². The quantitative estimate of drug-likeness (QED) is 0.795. The van der Waals surface area contributed by atoms with Crippen molar-refractivity contribution in [1.82, 2.24) is 9.55 Å². The zero-order chi connectivity index (χ0) is 14.1. The molecule has 20 heavy (non-hydrogen) atoms. The number of aromatic nitrogens is 2. The Labute approximate surface area is 123 Å². The molecule has 0 saturated heterocycles. The highest BCUT2D eigenvalue weighted by atomic mass is 35.5. The van der Waals surface area contributed by atoms with Crippen LogP contribution < -0.4 is 5.73 Å². The van der Waals surface area contributed by atoms with E-state index in [4.69, 9.17) is 22.3 Å². The highest BCUT2D eigenvalue weighted by molar-refractivity contribution is 6.35. The minimum absolute atomic E-state index is 0.529. The fraction of sp³-hybridized carbons (Fsp3) is 0.188. The number of rotatable bonds is 3. The van der Waals surface area contributed by atoms with Crippen molar-refractivity contribution < 1.29 is 0 Å². The van der Waals surface area contributed by atoms with Gasteiger partial charge < -0.3 is 10.3 Å². The molecule has 102 valence electrons. The number of aryl methyl sites for hydroxylation is 1. The number of nitrogens with zero attached hydrogens (tertiary/aromatic N) is 2. The average molecular weight is 286 g/mol. The molecule has 0 atom stereocenters. The molecule has 0 fully saturated rings. The summed E-state index contributed by atoms with van der Waals surface area (Å²) >= 11 is 6.32. The lowest BCUT2D eigenvalue weighted by Crippen LogP contribution is -2.00. The molecule has 0 aliphatic carbocycles. The van der Waals surface area contributed by atoms with Gasteiger partial charge >= 0.3 is 0 Å². The number of fused-ring (bicyclic) bond motifs is 1. The second-order valence-electron chi connectivity index (χ2n) is 4.69. The van der Waals surface area contributed by atoms with Gasteiger partial charge in [-0.15, -0.1) is 0 Å². The SMILES string of the molecule is CCn1c(-c2cccc(CN)c2)nc2cccc(Cl)c21. The molecule has 0 spiro atoms. The number of halogens is 1. The van der Waals surface area contributed by atoms with Gasteiger partial charge in [-0.3, -0.25) is 0 Å². The van der Waals surface area contributed by atoms with Gasteiger partial charge in [0.15, 0.2) is 0 Å². The second kappa shape index (κ2) is 5.27. The fourth-order valence-electron chi connectivity index (χ4n) is 2.51. The maximum absolute atomic E-state index is 6.32. The Morgan fingerprint density at radius 2 is 2.00 bits per heavy atom. The highest BCUT2D eigenvalue weighted by Gasteiger charge is 2.13.